The molecule has 0 saturated heterocycles. The maximum Gasteiger partial charge on any atom is 0.316 e. The monoisotopic (exact) mass is 198 g/mol. The van der Waals surface area contributed by atoms with Crippen LogP contribution >= 0.6 is 0 Å². The van der Waals surface area contributed by atoms with E-state index in [-0.39, 0.29) is 11.8 Å². The molecule has 0 aliphatic rings. The van der Waals surface area contributed by atoms with Crippen molar-refractivity contribution in [3.05, 3.63) is 12.2 Å². The lowest BCUT2D eigenvalue weighted by Gasteiger charge is -2.16. The Morgan fingerprint density at radius 3 is 2.36 bits per heavy atom. The van der Waals surface area contributed by atoms with Gasteiger partial charge in [0.25, 0.3) is 0 Å². The summed E-state index contributed by atoms with van der Waals surface area (Å²) in [5.74, 6) is -1.11. The quantitative estimate of drug-likeness (QED) is 0.395. The number of carbonyl (C=O) groups excluding carboxylic acids is 2. The van der Waals surface area contributed by atoms with Crippen LogP contribution in [0, 0.1) is 11.8 Å². The Hall–Kier alpha value is -1.12. The molecule has 0 fully saturated rings. The Morgan fingerprint density at radius 1 is 1.43 bits per heavy atom. The Labute approximate surface area is 85.1 Å². The second kappa shape index (κ2) is 6.35. The average molecular weight is 198 g/mol. The molecule has 2 atom stereocenters. The fourth-order valence-corrected chi connectivity index (χ4v) is 1.31. The van der Waals surface area contributed by atoms with Crippen molar-refractivity contribution in [1.82, 2.24) is 0 Å². The smallest absolute Gasteiger partial charge is 0.316 e. The maximum absolute atomic E-state index is 11.4. The zero-order valence-corrected chi connectivity index (χ0v) is 9.24. The van der Waals surface area contributed by atoms with Gasteiger partial charge >= 0.3 is 11.9 Å². The first-order valence-corrected chi connectivity index (χ1v) is 4.88. The van der Waals surface area contributed by atoms with Crippen LogP contribution in [-0.4, -0.2) is 11.9 Å². The van der Waals surface area contributed by atoms with E-state index in [4.69, 9.17) is 0 Å². The van der Waals surface area contributed by atoms with E-state index < -0.39 is 11.9 Å². The Bertz CT molecular complexity index is 231. The van der Waals surface area contributed by atoms with Gasteiger partial charge in [-0.15, -0.1) is 0 Å². The van der Waals surface area contributed by atoms with Gasteiger partial charge in [-0.25, -0.2) is 0 Å². The zero-order chi connectivity index (χ0) is 11.1. The van der Waals surface area contributed by atoms with Crippen LogP contribution in [0.2, 0.25) is 0 Å². The van der Waals surface area contributed by atoms with Crippen molar-refractivity contribution in [3.63, 3.8) is 0 Å². The summed E-state index contributed by atoms with van der Waals surface area (Å²) in [7, 11) is 0. The van der Waals surface area contributed by atoms with Crippen molar-refractivity contribution >= 4 is 11.9 Å². The van der Waals surface area contributed by atoms with Gasteiger partial charge in [0.15, 0.2) is 0 Å². The van der Waals surface area contributed by atoms with Crippen LogP contribution in [0.5, 0.6) is 0 Å². The average Bonchev–Trinajstić information content (AvgIpc) is 2.12. The standard InChI is InChI=1S/C11H18O3/c1-5-7-10(6-2)8(3)11(13)14-9(4)12/h5,7-8,10H,6H2,1-4H3. The molecule has 0 spiro atoms. The fourth-order valence-electron chi connectivity index (χ4n) is 1.31. The topological polar surface area (TPSA) is 43.4 Å². The summed E-state index contributed by atoms with van der Waals surface area (Å²) in [4.78, 5) is 21.9. The van der Waals surface area contributed by atoms with Crippen LogP contribution < -0.4 is 0 Å². The van der Waals surface area contributed by atoms with Gasteiger partial charge in [0, 0.05) is 6.92 Å². The number of hydrogen-bond donors (Lipinski definition) is 0. The number of hydrogen-bond acceptors (Lipinski definition) is 3. The third kappa shape index (κ3) is 4.21. The highest BCUT2D eigenvalue weighted by atomic mass is 16.6. The summed E-state index contributed by atoms with van der Waals surface area (Å²) in [5, 5.41) is 0. The SMILES string of the molecule is CC=CC(CC)C(C)C(=O)OC(C)=O. The third-order valence-electron chi connectivity index (χ3n) is 2.17. The van der Waals surface area contributed by atoms with E-state index in [1.54, 1.807) is 6.92 Å². The first kappa shape index (κ1) is 12.9. The van der Waals surface area contributed by atoms with Crippen molar-refractivity contribution in [2.24, 2.45) is 11.8 Å². The Morgan fingerprint density at radius 2 is 2.00 bits per heavy atom. The summed E-state index contributed by atoms with van der Waals surface area (Å²) >= 11 is 0. The highest BCUT2D eigenvalue weighted by Gasteiger charge is 2.22. The largest absolute Gasteiger partial charge is 0.393 e. The summed E-state index contributed by atoms with van der Waals surface area (Å²) in [6.07, 6.45) is 4.73. The molecule has 14 heavy (non-hydrogen) atoms. The number of ether oxygens (including phenoxy) is 1. The Kier molecular flexibility index (Phi) is 5.84. The number of carbonyl (C=O) groups is 2. The summed E-state index contributed by atoms with van der Waals surface area (Å²) in [6.45, 7) is 6.93. The first-order chi connectivity index (χ1) is 6.52. The van der Waals surface area contributed by atoms with Gasteiger partial charge in [-0.1, -0.05) is 26.0 Å². The molecular weight excluding hydrogens is 180 g/mol. The maximum atomic E-state index is 11.4. The predicted molar refractivity (Wildman–Crippen MR) is 54.5 cm³/mol. The lowest BCUT2D eigenvalue weighted by Crippen LogP contribution is -2.23. The molecule has 80 valence electrons. The molecule has 0 rings (SSSR count). The Balaban J connectivity index is 4.33. The van der Waals surface area contributed by atoms with Gasteiger partial charge in [0.1, 0.15) is 0 Å². The van der Waals surface area contributed by atoms with Crippen LogP contribution in [0.4, 0.5) is 0 Å². The molecule has 3 heteroatoms. The van der Waals surface area contributed by atoms with Crippen molar-refractivity contribution in [2.75, 3.05) is 0 Å². The molecule has 0 saturated carbocycles. The molecule has 3 nitrogen and oxygen atoms in total. The summed E-state index contributed by atoms with van der Waals surface area (Å²) < 4.78 is 4.53. The normalized spacial score (nSPS) is 15.1. The summed E-state index contributed by atoms with van der Waals surface area (Å²) in [5.41, 5.74) is 0. The molecular formula is C11H18O3. The van der Waals surface area contributed by atoms with E-state index in [0.29, 0.717) is 0 Å². The molecule has 0 radical (unpaired) electrons. The second-order valence-electron chi connectivity index (χ2n) is 3.30. The van der Waals surface area contributed by atoms with Crippen LogP contribution in [0.25, 0.3) is 0 Å². The van der Waals surface area contributed by atoms with E-state index in [0.717, 1.165) is 6.42 Å². The van der Waals surface area contributed by atoms with Crippen LogP contribution in [0.1, 0.15) is 34.1 Å². The third-order valence-corrected chi connectivity index (χ3v) is 2.17. The molecule has 0 aromatic heterocycles. The first-order valence-electron chi connectivity index (χ1n) is 4.88. The molecule has 0 bridgehead atoms. The lowest BCUT2D eigenvalue weighted by atomic mass is 9.91. The molecule has 0 aromatic rings. The van der Waals surface area contributed by atoms with Crippen LogP contribution in [0.15, 0.2) is 12.2 Å². The lowest BCUT2D eigenvalue weighted by molar-refractivity contribution is -0.161. The van der Waals surface area contributed by atoms with Gasteiger partial charge in [-0.2, -0.15) is 0 Å². The van der Waals surface area contributed by atoms with Crippen molar-refractivity contribution in [1.29, 1.82) is 0 Å². The molecule has 0 aromatic carbocycles. The van der Waals surface area contributed by atoms with Gasteiger partial charge < -0.3 is 4.74 Å². The van der Waals surface area contributed by atoms with Gasteiger partial charge in [0.2, 0.25) is 0 Å². The number of esters is 2. The molecule has 0 aliphatic heterocycles. The molecule has 0 heterocycles. The summed E-state index contributed by atoms with van der Waals surface area (Å²) in [6, 6.07) is 0. The van der Waals surface area contributed by atoms with Crippen molar-refractivity contribution < 1.29 is 14.3 Å². The second-order valence-corrected chi connectivity index (χ2v) is 3.30. The molecule has 0 N–H and O–H groups in total. The van der Waals surface area contributed by atoms with Crippen molar-refractivity contribution in [3.8, 4) is 0 Å². The minimum atomic E-state index is -0.544. The highest BCUT2D eigenvalue weighted by Crippen LogP contribution is 2.18. The number of allylic oxidation sites excluding steroid dienone is 2. The van der Waals surface area contributed by atoms with E-state index in [9.17, 15) is 9.59 Å². The van der Waals surface area contributed by atoms with Gasteiger partial charge in [0.05, 0.1) is 5.92 Å². The van der Waals surface area contributed by atoms with Gasteiger partial charge in [-0.05, 0) is 19.3 Å². The number of rotatable bonds is 4. The van der Waals surface area contributed by atoms with Crippen LogP contribution in [0.3, 0.4) is 0 Å². The molecule has 0 amide bonds. The molecule has 2 unspecified atom stereocenters. The predicted octanol–water partition coefficient (Wildman–Crippen LogP) is 2.31. The van der Waals surface area contributed by atoms with E-state index in [1.807, 2.05) is 26.0 Å². The van der Waals surface area contributed by atoms with Gasteiger partial charge in [-0.3, -0.25) is 9.59 Å². The van der Waals surface area contributed by atoms with E-state index in [2.05, 4.69) is 4.74 Å². The minimum absolute atomic E-state index is 0.145. The van der Waals surface area contributed by atoms with E-state index >= 15 is 0 Å². The van der Waals surface area contributed by atoms with Crippen molar-refractivity contribution in [2.45, 2.75) is 34.1 Å². The van der Waals surface area contributed by atoms with Crippen LogP contribution in [-0.2, 0) is 14.3 Å². The minimum Gasteiger partial charge on any atom is -0.393 e. The fraction of sp³-hybridized carbons (Fsp3) is 0.636. The van der Waals surface area contributed by atoms with E-state index in [1.165, 1.54) is 6.92 Å². The molecule has 0 aliphatic carbocycles. The highest BCUT2D eigenvalue weighted by molar-refractivity contribution is 5.85. The zero-order valence-electron chi connectivity index (χ0n) is 9.24.